The third-order valence-corrected chi connectivity index (χ3v) is 2.89. The first-order chi connectivity index (χ1) is 8.77. The normalized spacial score (nSPS) is 13.7. The van der Waals surface area contributed by atoms with Crippen LogP contribution in [0.3, 0.4) is 0 Å². The molecule has 0 saturated heterocycles. The predicted octanol–water partition coefficient (Wildman–Crippen LogP) is 2.36. The molecule has 0 aliphatic rings. The van der Waals surface area contributed by atoms with Crippen LogP contribution in [0.1, 0.15) is 32.3 Å². The Balaban J connectivity index is 3.02. The zero-order chi connectivity index (χ0) is 14.6. The van der Waals surface area contributed by atoms with E-state index in [9.17, 15) is 14.9 Å². The first-order valence-corrected chi connectivity index (χ1v) is 6.13. The molecule has 1 aromatic carbocycles. The lowest BCUT2D eigenvalue weighted by Crippen LogP contribution is -2.48. The lowest BCUT2D eigenvalue weighted by molar-refractivity contribution is -0.383. The number of benzene rings is 1. The van der Waals surface area contributed by atoms with Gasteiger partial charge >= 0.3 is 0 Å². The summed E-state index contributed by atoms with van der Waals surface area (Å²) in [6.45, 7) is 5.34. The second kappa shape index (κ2) is 5.79. The van der Waals surface area contributed by atoms with E-state index in [2.05, 4.69) is 5.32 Å². The molecule has 1 unspecified atom stereocenters. The Kier molecular flexibility index (Phi) is 4.61. The summed E-state index contributed by atoms with van der Waals surface area (Å²) in [7, 11) is 0. The molecule has 1 atom stereocenters. The van der Waals surface area contributed by atoms with E-state index in [1.54, 1.807) is 26.0 Å². The number of hydrogen-bond donors (Lipinski definition) is 2. The summed E-state index contributed by atoms with van der Waals surface area (Å²) in [5, 5.41) is 13.5. The van der Waals surface area contributed by atoms with Gasteiger partial charge in [0.25, 0.3) is 5.69 Å². The topological polar surface area (TPSA) is 98.3 Å². The minimum absolute atomic E-state index is 0.133. The fourth-order valence-corrected chi connectivity index (χ4v) is 1.81. The molecule has 0 aromatic heterocycles. The molecule has 1 rings (SSSR count). The van der Waals surface area contributed by atoms with E-state index < -0.39 is 16.4 Å². The molecule has 0 spiro atoms. The highest BCUT2D eigenvalue weighted by molar-refractivity contribution is 5.99. The fraction of sp³-hybridized carbons (Fsp3) is 0.462. The Labute approximate surface area is 112 Å². The van der Waals surface area contributed by atoms with Crippen molar-refractivity contribution in [1.29, 1.82) is 0 Å². The van der Waals surface area contributed by atoms with Gasteiger partial charge in [-0.3, -0.25) is 14.9 Å². The van der Waals surface area contributed by atoms with E-state index in [0.717, 1.165) is 12.0 Å². The zero-order valence-electron chi connectivity index (χ0n) is 11.4. The van der Waals surface area contributed by atoms with Gasteiger partial charge in [-0.2, -0.15) is 0 Å². The van der Waals surface area contributed by atoms with Crippen molar-refractivity contribution in [1.82, 2.24) is 0 Å². The average Bonchev–Trinajstić information content (AvgIpc) is 2.28. The summed E-state index contributed by atoms with van der Waals surface area (Å²) < 4.78 is 0. The molecule has 0 heterocycles. The first-order valence-electron chi connectivity index (χ1n) is 6.13. The molecule has 0 bridgehead atoms. The third-order valence-electron chi connectivity index (χ3n) is 2.89. The molecule has 0 radical (unpaired) electrons. The van der Waals surface area contributed by atoms with Crippen LogP contribution in [-0.4, -0.2) is 16.4 Å². The summed E-state index contributed by atoms with van der Waals surface area (Å²) in [5.41, 5.74) is 5.74. The summed E-state index contributed by atoms with van der Waals surface area (Å²) >= 11 is 0. The SMILES string of the molecule is CCCC(C)(N)C(=O)Nc1cc(C)ccc1[N+](=O)[O-]. The van der Waals surface area contributed by atoms with Crippen molar-refractivity contribution < 1.29 is 9.72 Å². The van der Waals surface area contributed by atoms with Crippen molar-refractivity contribution in [2.75, 3.05) is 5.32 Å². The van der Waals surface area contributed by atoms with Gasteiger partial charge in [0.1, 0.15) is 5.69 Å². The van der Waals surface area contributed by atoms with Gasteiger partial charge in [0.2, 0.25) is 5.91 Å². The monoisotopic (exact) mass is 265 g/mol. The Bertz CT molecular complexity index is 498. The molecule has 6 heteroatoms. The minimum atomic E-state index is -1.04. The second-order valence-corrected chi connectivity index (χ2v) is 4.90. The summed E-state index contributed by atoms with van der Waals surface area (Å²) in [6.07, 6.45) is 1.27. The van der Waals surface area contributed by atoms with Crippen LogP contribution in [0.4, 0.5) is 11.4 Å². The molecule has 0 saturated carbocycles. The van der Waals surface area contributed by atoms with Gasteiger partial charge in [0.05, 0.1) is 10.5 Å². The molecular weight excluding hydrogens is 246 g/mol. The smallest absolute Gasteiger partial charge is 0.292 e. The van der Waals surface area contributed by atoms with Crippen molar-refractivity contribution in [3.63, 3.8) is 0 Å². The lowest BCUT2D eigenvalue weighted by atomic mass is 9.96. The van der Waals surface area contributed by atoms with E-state index >= 15 is 0 Å². The quantitative estimate of drug-likeness (QED) is 0.630. The number of nitrogens with zero attached hydrogens (tertiary/aromatic N) is 1. The van der Waals surface area contributed by atoms with Crippen LogP contribution in [0.5, 0.6) is 0 Å². The molecule has 6 nitrogen and oxygen atoms in total. The van der Waals surface area contributed by atoms with Crippen LogP contribution in [0.2, 0.25) is 0 Å². The van der Waals surface area contributed by atoms with Crippen LogP contribution < -0.4 is 11.1 Å². The van der Waals surface area contributed by atoms with E-state index in [-0.39, 0.29) is 11.4 Å². The number of nitro benzene ring substituents is 1. The van der Waals surface area contributed by atoms with Crippen LogP contribution in [0.25, 0.3) is 0 Å². The summed E-state index contributed by atoms with van der Waals surface area (Å²) in [5.74, 6) is -0.414. The molecule has 19 heavy (non-hydrogen) atoms. The number of carbonyl (C=O) groups is 1. The maximum absolute atomic E-state index is 12.1. The first kappa shape index (κ1) is 15.1. The fourth-order valence-electron chi connectivity index (χ4n) is 1.81. The van der Waals surface area contributed by atoms with Gasteiger partial charge in [0, 0.05) is 6.07 Å². The number of rotatable bonds is 5. The molecule has 1 amide bonds. The number of hydrogen-bond acceptors (Lipinski definition) is 4. The van der Waals surface area contributed by atoms with Gasteiger partial charge in [-0.15, -0.1) is 0 Å². The Hall–Kier alpha value is -1.95. The molecule has 0 fully saturated rings. The molecular formula is C13H19N3O3. The maximum Gasteiger partial charge on any atom is 0.292 e. The van der Waals surface area contributed by atoms with E-state index in [0.29, 0.717) is 6.42 Å². The Morgan fingerprint density at radius 1 is 1.53 bits per heavy atom. The second-order valence-electron chi connectivity index (χ2n) is 4.90. The largest absolute Gasteiger partial charge is 0.319 e. The number of aryl methyl sites for hydroxylation is 1. The van der Waals surface area contributed by atoms with Crippen molar-refractivity contribution in [2.24, 2.45) is 5.73 Å². The lowest BCUT2D eigenvalue weighted by Gasteiger charge is -2.22. The van der Waals surface area contributed by atoms with Gasteiger partial charge < -0.3 is 11.1 Å². The summed E-state index contributed by atoms with van der Waals surface area (Å²) in [4.78, 5) is 22.4. The standard InChI is InChI=1S/C13H19N3O3/c1-4-7-13(3,14)12(17)15-10-8-9(2)5-6-11(10)16(18)19/h5-6,8H,4,7,14H2,1-3H3,(H,15,17). The maximum atomic E-state index is 12.1. The predicted molar refractivity (Wildman–Crippen MR) is 74.0 cm³/mol. The van der Waals surface area contributed by atoms with Crippen LogP contribution in [0.15, 0.2) is 18.2 Å². The molecule has 104 valence electrons. The van der Waals surface area contributed by atoms with Gasteiger partial charge in [0.15, 0.2) is 0 Å². The Morgan fingerprint density at radius 2 is 2.16 bits per heavy atom. The van der Waals surface area contributed by atoms with Crippen molar-refractivity contribution in [3.05, 3.63) is 33.9 Å². The van der Waals surface area contributed by atoms with Gasteiger partial charge in [-0.1, -0.05) is 19.4 Å². The van der Waals surface area contributed by atoms with Gasteiger partial charge in [-0.25, -0.2) is 0 Å². The van der Waals surface area contributed by atoms with Crippen LogP contribution in [-0.2, 0) is 4.79 Å². The number of nitrogens with two attached hydrogens (primary N) is 1. The van der Waals surface area contributed by atoms with Crippen LogP contribution >= 0.6 is 0 Å². The van der Waals surface area contributed by atoms with E-state index in [1.807, 2.05) is 6.92 Å². The number of amides is 1. The average molecular weight is 265 g/mol. The zero-order valence-corrected chi connectivity index (χ0v) is 11.4. The van der Waals surface area contributed by atoms with Crippen LogP contribution in [0, 0.1) is 17.0 Å². The third kappa shape index (κ3) is 3.75. The van der Waals surface area contributed by atoms with E-state index in [4.69, 9.17) is 5.73 Å². The summed E-state index contributed by atoms with van der Waals surface area (Å²) in [6, 6.07) is 4.57. The number of carbonyl (C=O) groups excluding carboxylic acids is 1. The highest BCUT2D eigenvalue weighted by Gasteiger charge is 2.29. The van der Waals surface area contributed by atoms with Crippen molar-refractivity contribution in [2.45, 2.75) is 39.2 Å². The number of nitro groups is 1. The van der Waals surface area contributed by atoms with Crippen molar-refractivity contribution >= 4 is 17.3 Å². The number of anilines is 1. The molecule has 1 aromatic rings. The number of nitrogens with one attached hydrogen (secondary N) is 1. The molecule has 0 aliphatic carbocycles. The molecule has 3 N–H and O–H groups in total. The molecule has 0 aliphatic heterocycles. The Morgan fingerprint density at radius 3 is 2.68 bits per heavy atom. The minimum Gasteiger partial charge on any atom is -0.319 e. The van der Waals surface area contributed by atoms with E-state index in [1.165, 1.54) is 6.07 Å². The highest BCUT2D eigenvalue weighted by Crippen LogP contribution is 2.26. The van der Waals surface area contributed by atoms with Gasteiger partial charge in [-0.05, 0) is 31.9 Å². The highest BCUT2D eigenvalue weighted by atomic mass is 16.6. The van der Waals surface area contributed by atoms with Crippen molar-refractivity contribution in [3.8, 4) is 0 Å².